The minimum Gasteiger partial charge on any atom is -0.496 e. The fourth-order valence-electron chi connectivity index (χ4n) is 1.39. The van der Waals surface area contributed by atoms with Crippen molar-refractivity contribution in [3.63, 3.8) is 0 Å². The number of hydrogen-bond acceptors (Lipinski definition) is 3. The Labute approximate surface area is 111 Å². The maximum Gasteiger partial charge on any atom is 0.411 e. The standard InChI is InChI=1S/C11H13BrF3NO2/c1-17-10-3-2-7(12)4-8(10)9(16)5-18-6-11(13,14)15/h2-4,9H,5-6,16H2,1H3. The molecular formula is C11H13BrF3NO2. The van der Waals surface area contributed by atoms with E-state index in [2.05, 4.69) is 20.7 Å². The van der Waals surface area contributed by atoms with E-state index < -0.39 is 18.8 Å². The highest BCUT2D eigenvalue weighted by Gasteiger charge is 2.28. The van der Waals surface area contributed by atoms with Gasteiger partial charge in [0.05, 0.1) is 19.8 Å². The Hall–Kier alpha value is -0.790. The molecule has 0 aromatic heterocycles. The molecule has 1 unspecified atom stereocenters. The first kappa shape index (κ1) is 15.3. The fourth-order valence-corrected chi connectivity index (χ4v) is 1.77. The average molecular weight is 328 g/mol. The van der Waals surface area contributed by atoms with Crippen LogP contribution >= 0.6 is 15.9 Å². The van der Waals surface area contributed by atoms with Crippen molar-refractivity contribution in [2.24, 2.45) is 5.73 Å². The van der Waals surface area contributed by atoms with E-state index in [1.165, 1.54) is 7.11 Å². The number of nitrogens with two attached hydrogens (primary N) is 1. The van der Waals surface area contributed by atoms with E-state index in [4.69, 9.17) is 10.5 Å². The lowest BCUT2D eigenvalue weighted by atomic mass is 10.1. The van der Waals surface area contributed by atoms with Gasteiger partial charge < -0.3 is 15.2 Å². The van der Waals surface area contributed by atoms with Crippen LogP contribution in [-0.2, 0) is 4.74 Å². The van der Waals surface area contributed by atoms with Gasteiger partial charge in [-0.15, -0.1) is 0 Å². The molecule has 18 heavy (non-hydrogen) atoms. The molecule has 1 rings (SSSR count). The Balaban J connectivity index is 2.66. The highest BCUT2D eigenvalue weighted by Crippen LogP contribution is 2.27. The molecule has 0 aliphatic carbocycles. The minimum atomic E-state index is -4.35. The second-order valence-corrected chi connectivity index (χ2v) is 4.54. The highest BCUT2D eigenvalue weighted by molar-refractivity contribution is 9.10. The third-order valence-electron chi connectivity index (χ3n) is 2.15. The maximum atomic E-state index is 11.9. The van der Waals surface area contributed by atoms with Crippen LogP contribution in [0.3, 0.4) is 0 Å². The second-order valence-electron chi connectivity index (χ2n) is 3.62. The van der Waals surface area contributed by atoms with Gasteiger partial charge in [-0.3, -0.25) is 0 Å². The van der Waals surface area contributed by atoms with Gasteiger partial charge in [0.2, 0.25) is 0 Å². The lowest BCUT2D eigenvalue weighted by molar-refractivity contribution is -0.174. The summed E-state index contributed by atoms with van der Waals surface area (Å²) in [4.78, 5) is 0. The van der Waals surface area contributed by atoms with Gasteiger partial charge >= 0.3 is 6.18 Å². The Morgan fingerprint density at radius 2 is 2.06 bits per heavy atom. The van der Waals surface area contributed by atoms with Crippen LogP contribution in [0.5, 0.6) is 5.75 Å². The zero-order chi connectivity index (χ0) is 13.8. The lowest BCUT2D eigenvalue weighted by Crippen LogP contribution is -2.23. The summed E-state index contributed by atoms with van der Waals surface area (Å²) < 4.78 is 46.2. The molecule has 102 valence electrons. The molecule has 0 fully saturated rings. The lowest BCUT2D eigenvalue weighted by Gasteiger charge is -2.17. The molecule has 0 heterocycles. The van der Waals surface area contributed by atoms with Crippen molar-refractivity contribution in [3.05, 3.63) is 28.2 Å². The SMILES string of the molecule is COc1ccc(Br)cc1C(N)COCC(F)(F)F. The van der Waals surface area contributed by atoms with Gasteiger partial charge in [-0.25, -0.2) is 0 Å². The van der Waals surface area contributed by atoms with E-state index in [9.17, 15) is 13.2 Å². The van der Waals surface area contributed by atoms with Gasteiger partial charge in [0.25, 0.3) is 0 Å². The quantitative estimate of drug-likeness (QED) is 0.904. The van der Waals surface area contributed by atoms with Crippen molar-refractivity contribution in [2.45, 2.75) is 12.2 Å². The summed E-state index contributed by atoms with van der Waals surface area (Å²) in [6.45, 7) is -1.54. The van der Waals surface area contributed by atoms with Crippen molar-refractivity contribution in [3.8, 4) is 5.75 Å². The van der Waals surface area contributed by atoms with Crippen LogP contribution in [0, 0.1) is 0 Å². The molecule has 1 aromatic rings. The molecular weight excluding hydrogens is 315 g/mol. The second kappa shape index (κ2) is 6.40. The number of alkyl halides is 3. The Morgan fingerprint density at radius 3 is 2.61 bits per heavy atom. The molecule has 0 aliphatic rings. The van der Waals surface area contributed by atoms with Crippen LogP contribution in [0.4, 0.5) is 13.2 Å². The summed E-state index contributed by atoms with van der Waals surface area (Å²) in [5.74, 6) is 0.515. The first-order valence-corrected chi connectivity index (χ1v) is 5.86. The number of benzene rings is 1. The third kappa shape index (κ3) is 4.83. The number of hydrogen-bond donors (Lipinski definition) is 1. The van der Waals surface area contributed by atoms with E-state index in [-0.39, 0.29) is 6.61 Å². The van der Waals surface area contributed by atoms with Crippen molar-refractivity contribution in [1.29, 1.82) is 0 Å². The van der Waals surface area contributed by atoms with Crippen LogP contribution in [0.1, 0.15) is 11.6 Å². The highest BCUT2D eigenvalue weighted by atomic mass is 79.9. The van der Waals surface area contributed by atoms with Gasteiger partial charge in [-0.2, -0.15) is 13.2 Å². The van der Waals surface area contributed by atoms with E-state index in [1.807, 2.05) is 0 Å². The van der Waals surface area contributed by atoms with Crippen molar-refractivity contribution in [1.82, 2.24) is 0 Å². The van der Waals surface area contributed by atoms with E-state index in [0.717, 1.165) is 4.47 Å². The minimum absolute atomic E-state index is 0.230. The fraction of sp³-hybridized carbons (Fsp3) is 0.455. The molecule has 1 aromatic carbocycles. The molecule has 2 N–H and O–H groups in total. The van der Waals surface area contributed by atoms with Crippen molar-refractivity contribution < 1.29 is 22.6 Å². The molecule has 0 amide bonds. The zero-order valence-electron chi connectivity index (χ0n) is 9.63. The summed E-state index contributed by atoms with van der Waals surface area (Å²) in [5.41, 5.74) is 6.37. The topological polar surface area (TPSA) is 44.5 Å². The monoisotopic (exact) mass is 327 g/mol. The smallest absolute Gasteiger partial charge is 0.411 e. The van der Waals surface area contributed by atoms with E-state index in [0.29, 0.717) is 11.3 Å². The molecule has 0 bridgehead atoms. The predicted molar refractivity (Wildman–Crippen MR) is 64.5 cm³/mol. The van der Waals surface area contributed by atoms with Gasteiger partial charge in [0, 0.05) is 10.0 Å². The first-order chi connectivity index (χ1) is 8.33. The number of halogens is 4. The van der Waals surface area contributed by atoms with E-state index >= 15 is 0 Å². The molecule has 1 atom stereocenters. The Morgan fingerprint density at radius 1 is 1.39 bits per heavy atom. The number of methoxy groups -OCH3 is 1. The van der Waals surface area contributed by atoms with Crippen LogP contribution < -0.4 is 10.5 Å². The van der Waals surface area contributed by atoms with Gasteiger partial charge in [-0.05, 0) is 18.2 Å². The largest absolute Gasteiger partial charge is 0.496 e. The molecule has 3 nitrogen and oxygen atoms in total. The molecule has 0 spiro atoms. The number of ether oxygens (including phenoxy) is 2. The molecule has 0 saturated carbocycles. The summed E-state index contributed by atoms with van der Waals surface area (Å²) in [7, 11) is 1.47. The van der Waals surface area contributed by atoms with Gasteiger partial charge in [0.1, 0.15) is 12.4 Å². The van der Waals surface area contributed by atoms with Crippen molar-refractivity contribution >= 4 is 15.9 Å². The maximum absolute atomic E-state index is 11.9. The molecule has 7 heteroatoms. The third-order valence-corrected chi connectivity index (χ3v) is 2.65. The first-order valence-electron chi connectivity index (χ1n) is 5.07. The van der Waals surface area contributed by atoms with Crippen LogP contribution in [0.25, 0.3) is 0 Å². The van der Waals surface area contributed by atoms with Crippen LogP contribution in [-0.4, -0.2) is 26.5 Å². The molecule has 0 aliphatic heterocycles. The van der Waals surface area contributed by atoms with Crippen LogP contribution in [0.2, 0.25) is 0 Å². The van der Waals surface area contributed by atoms with Crippen molar-refractivity contribution in [2.75, 3.05) is 20.3 Å². The van der Waals surface area contributed by atoms with Gasteiger partial charge in [-0.1, -0.05) is 15.9 Å². The van der Waals surface area contributed by atoms with Gasteiger partial charge in [0.15, 0.2) is 0 Å². The zero-order valence-corrected chi connectivity index (χ0v) is 11.2. The Bertz CT molecular complexity index is 398. The summed E-state index contributed by atoms with van der Waals surface area (Å²) >= 11 is 3.26. The average Bonchev–Trinajstić information content (AvgIpc) is 2.27. The number of rotatable bonds is 5. The molecule has 0 saturated heterocycles. The van der Waals surface area contributed by atoms with Crippen LogP contribution in [0.15, 0.2) is 22.7 Å². The van der Waals surface area contributed by atoms with E-state index in [1.54, 1.807) is 18.2 Å². The summed E-state index contributed by atoms with van der Waals surface area (Å²) in [6, 6.07) is 4.45. The summed E-state index contributed by atoms with van der Waals surface area (Å²) in [6.07, 6.45) is -4.35. The predicted octanol–water partition coefficient (Wildman–Crippen LogP) is 3.04. The Kier molecular flexibility index (Phi) is 5.43. The molecule has 0 radical (unpaired) electrons. The summed E-state index contributed by atoms with van der Waals surface area (Å²) in [5, 5.41) is 0. The normalized spacial score (nSPS) is 13.4.